The number of aliphatic carboxylic acids is 1. The topological polar surface area (TPSA) is 49.8 Å². The van der Waals surface area contributed by atoms with Crippen molar-refractivity contribution in [1.82, 2.24) is 4.90 Å². The number of carboxylic acids is 1. The molecule has 1 rings (SSSR count). The molecule has 20 heavy (non-hydrogen) atoms. The maximum atomic E-state index is 10.6. The van der Waals surface area contributed by atoms with Gasteiger partial charge in [0, 0.05) is 18.2 Å². The van der Waals surface area contributed by atoms with Crippen molar-refractivity contribution in [3.05, 3.63) is 34.9 Å². The Hall–Kier alpha value is -1.52. The summed E-state index contributed by atoms with van der Waals surface area (Å²) < 4.78 is 5.71. The van der Waals surface area contributed by atoms with Crippen molar-refractivity contribution in [2.75, 3.05) is 26.2 Å². The standard InChI is InChI=1S/C15H20ClNO3/c1-3-17(4-2)10-11-20-14-7-5-6-13(16)12(14)8-9-15(18)19/h5-9H,3-4,10-11H2,1-2H3,(H,18,19)/b9-8+. The van der Waals surface area contributed by atoms with Crippen LogP contribution < -0.4 is 4.74 Å². The first kappa shape index (κ1) is 16.5. The maximum Gasteiger partial charge on any atom is 0.328 e. The van der Waals surface area contributed by atoms with Crippen LogP contribution in [0, 0.1) is 0 Å². The van der Waals surface area contributed by atoms with Crippen LogP contribution in [0.4, 0.5) is 0 Å². The zero-order chi connectivity index (χ0) is 15.0. The molecule has 0 aromatic heterocycles. The molecule has 0 fully saturated rings. The fourth-order valence-electron chi connectivity index (χ4n) is 1.78. The quantitative estimate of drug-likeness (QED) is 0.749. The summed E-state index contributed by atoms with van der Waals surface area (Å²) in [6.07, 6.45) is 2.51. The van der Waals surface area contributed by atoms with Gasteiger partial charge in [0.2, 0.25) is 0 Å². The molecule has 0 aliphatic carbocycles. The van der Waals surface area contributed by atoms with Crippen molar-refractivity contribution in [3.8, 4) is 5.75 Å². The van der Waals surface area contributed by atoms with Gasteiger partial charge in [0.05, 0.1) is 5.02 Å². The summed E-state index contributed by atoms with van der Waals surface area (Å²) in [6, 6.07) is 5.28. The number of carbonyl (C=O) groups is 1. The predicted molar refractivity (Wildman–Crippen MR) is 81.4 cm³/mol. The second kappa shape index (κ2) is 8.61. The molecule has 1 N–H and O–H groups in total. The van der Waals surface area contributed by atoms with E-state index in [1.54, 1.807) is 18.2 Å². The number of likely N-dealkylation sites (N-methyl/N-ethyl adjacent to an activating group) is 1. The van der Waals surface area contributed by atoms with Gasteiger partial charge in [0.25, 0.3) is 0 Å². The molecule has 0 bridgehead atoms. The molecular weight excluding hydrogens is 278 g/mol. The molecule has 0 spiro atoms. The third kappa shape index (κ3) is 5.23. The summed E-state index contributed by atoms with van der Waals surface area (Å²) in [4.78, 5) is 12.8. The van der Waals surface area contributed by atoms with Crippen molar-refractivity contribution in [3.63, 3.8) is 0 Å². The van der Waals surface area contributed by atoms with Gasteiger partial charge >= 0.3 is 5.97 Å². The molecule has 0 unspecified atom stereocenters. The van der Waals surface area contributed by atoms with E-state index in [-0.39, 0.29) is 0 Å². The molecule has 0 aliphatic rings. The molecule has 0 heterocycles. The molecule has 1 aromatic carbocycles. The van der Waals surface area contributed by atoms with Gasteiger partial charge in [-0.2, -0.15) is 0 Å². The summed E-state index contributed by atoms with van der Waals surface area (Å²) in [5.41, 5.74) is 0.594. The van der Waals surface area contributed by atoms with Crippen LogP contribution in [-0.4, -0.2) is 42.2 Å². The number of ether oxygens (including phenoxy) is 1. The zero-order valence-corrected chi connectivity index (χ0v) is 12.6. The number of halogens is 1. The van der Waals surface area contributed by atoms with E-state index in [0.717, 1.165) is 25.7 Å². The van der Waals surface area contributed by atoms with Gasteiger partial charge in [-0.25, -0.2) is 4.79 Å². The van der Waals surface area contributed by atoms with Gasteiger partial charge in [-0.1, -0.05) is 31.5 Å². The van der Waals surface area contributed by atoms with Crippen molar-refractivity contribution in [1.29, 1.82) is 0 Å². The highest BCUT2D eigenvalue weighted by atomic mass is 35.5. The Balaban J connectivity index is 2.74. The Morgan fingerprint density at radius 1 is 1.40 bits per heavy atom. The van der Waals surface area contributed by atoms with E-state index in [0.29, 0.717) is 22.9 Å². The Morgan fingerprint density at radius 2 is 2.10 bits per heavy atom. The smallest absolute Gasteiger partial charge is 0.328 e. The first-order chi connectivity index (χ1) is 9.58. The van der Waals surface area contributed by atoms with E-state index in [2.05, 4.69) is 18.7 Å². The summed E-state index contributed by atoms with van der Waals surface area (Å²) >= 11 is 6.07. The number of benzene rings is 1. The Kier molecular flexibility index (Phi) is 7.12. The molecule has 110 valence electrons. The highest BCUT2D eigenvalue weighted by Crippen LogP contribution is 2.27. The number of rotatable bonds is 8. The monoisotopic (exact) mass is 297 g/mol. The summed E-state index contributed by atoms with van der Waals surface area (Å²) in [5.74, 6) is -0.416. The molecule has 0 atom stereocenters. The zero-order valence-electron chi connectivity index (χ0n) is 11.8. The summed E-state index contributed by atoms with van der Waals surface area (Å²) in [6.45, 7) is 7.51. The Bertz CT molecular complexity index is 470. The van der Waals surface area contributed by atoms with Crippen molar-refractivity contribution >= 4 is 23.6 Å². The van der Waals surface area contributed by atoms with E-state index >= 15 is 0 Å². The van der Waals surface area contributed by atoms with Crippen LogP contribution in [0.5, 0.6) is 5.75 Å². The lowest BCUT2D eigenvalue weighted by Gasteiger charge is -2.18. The first-order valence-corrected chi connectivity index (χ1v) is 7.01. The van der Waals surface area contributed by atoms with Gasteiger partial charge in [-0.15, -0.1) is 0 Å². The second-order valence-electron chi connectivity index (χ2n) is 4.20. The minimum Gasteiger partial charge on any atom is -0.492 e. The average Bonchev–Trinajstić information content (AvgIpc) is 2.42. The fourth-order valence-corrected chi connectivity index (χ4v) is 2.01. The maximum absolute atomic E-state index is 10.6. The molecule has 0 aliphatic heterocycles. The number of hydrogen-bond acceptors (Lipinski definition) is 3. The van der Waals surface area contributed by atoms with Crippen LogP contribution in [0.2, 0.25) is 5.02 Å². The molecule has 0 amide bonds. The predicted octanol–water partition coefficient (Wildman–Crippen LogP) is 3.16. The van der Waals surface area contributed by atoms with Crippen LogP contribution in [0.3, 0.4) is 0 Å². The van der Waals surface area contributed by atoms with E-state index < -0.39 is 5.97 Å². The van der Waals surface area contributed by atoms with E-state index in [4.69, 9.17) is 21.4 Å². The number of nitrogens with zero attached hydrogens (tertiary/aromatic N) is 1. The van der Waals surface area contributed by atoms with Crippen molar-refractivity contribution in [2.45, 2.75) is 13.8 Å². The lowest BCUT2D eigenvalue weighted by Crippen LogP contribution is -2.28. The largest absolute Gasteiger partial charge is 0.492 e. The third-order valence-electron chi connectivity index (χ3n) is 2.96. The molecule has 1 aromatic rings. The molecule has 0 saturated heterocycles. The molecular formula is C15H20ClNO3. The summed E-state index contributed by atoms with van der Waals surface area (Å²) in [7, 11) is 0. The van der Waals surface area contributed by atoms with Crippen LogP contribution in [0.15, 0.2) is 24.3 Å². The van der Waals surface area contributed by atoms with Gasteiger partial charge in [0.1, 0.15) is 12.4 Å². The van der Waals surface area contributed by atoms with E-state index in [1.807, 2.05) is 0 Å². The first-order valence-electron chi connectivity index (χ1n) is 6.63. The second-order valence-corrected chi connectivity index (χ2v) is 4.61. The normalized spacial score (nSPS) is 11.2. The molecule has 5 heteroatoms. The molecule has 4 nitrogen and oxygen atoms in total. The highest BCUT2D eigenvalue weighted by molar-refractivity contribution is 6.32. The SMILES string of the molecule is CCN(CC)CCOc1cccc(Cl)c1/C=C/C(=O)O. The number of carboxylic acid groups (broad SMARTS) is 1. The Morgan fingerprint density at radius 3 is 2.70 bits per heavy atom. The minimum atomic E-state index is -1.01. The van der Waals surface area contributed by atoms with Crippen LogP contribution in [-0.2, 0) is 4.79 Å². The van der Waals surface area contributed by atoms with E-state index in [9.17, 15) is 4.79 Å². The van der Waals surface area contributed by atoms with Gasteiger partial charge in [-0.3, -0.25) is 0 Å². The molecule has 0 saturated carbocycles. The Labute approximate surface area is 124 Å². The van der Waals surface area contributed by atoms with Crippen molar-refractivity contribution in [2.24, 2.45) is 0 Å². The van der Waals surface area contributed by atoms with Crippen LogP contribution in [0.1, 0.15) is 19.4 Å². The highest BCUT2D eigenvalue weighted by Gasteiger charge is 2.07. The van der Waals surface area contributed by atoms with Gasteiger partial charge in [-0.05, 0) is 31.3 Å². The third-order valence-corrected chi connectivity index (χ3v) is 3.29. The average molecular weight is 298 g/mol. The van der Waals surface area contributed by atoms with E-state index in [1.165, 1.54) is 6.08 Å². The van der Waals surface area contributed by atoms with Gasteiger partial charge in [0.15, 0.2) is 0 Å². The lowest BCUT2D eigenvalue weighted by atomic mass is 10.2. The van der Waals surface area contributed by atoms with Crippen LogP contribution in [0.25, 0.3) is 6.08 Å². The van der Waals surface area contributed by atoms with Crippen molar-refractivity contribution < 1.29 is 14.6 Å². The molecule has 0 radical (unpaired) electrons. The minimum absolute atomic E-state index is 0.475. The lowest BCUT2D eigenvalue weighted by molar-refractivity contribution is -0.131. The van der Waals surface area contributed by atoms with Crippen LogP contribution >= 0.6 is 11.6 Å². The van der Waals surface area contributed by atoms with Gasteiger partial charge < -0.3 is 14.7 Å². The number of hydrogen-bond donors (Lipinski definition) is 1. The fraction of sp³-hybridized carbons (Fsp3) is 0.400. The summed E-state index contributed by atoms with van der Waals surface area (Å²) in [5, 5.41) is 9.17.